The summed E-state index contributed by atoms with van der Waals surface area (Å²) in [5, 5.41) is 1.86. The number of hydrogen-bond donors (Lipinski definition) is 0. The standard InChI is InChI=1S/C32H37BO7S/c1-7-34-20-36-24-13-15-25(16-14-24)38-30-29(27-18-17-26(19-28(27)41-30)37-21-35-8-2)22-9-11-23(12-10-22)33-39-31(3,4)32(5,6)40-33/h9-19H,7-8,20-21H2,1-6H3. The Morgan fingerprint density at radius 2 is 1.27 bits per heavy atom. The van der Waals surface area contributed by atoms with E-state index in [0.29, 0.717) is 19.0 Å². The first-order valence-electron chi connectivity index (χ1n) is 13.9. The van der Waals surface area contributed by atoms with Gasteiger partial charge < -0.3 is 33.0 Å². The minimum absolute atomic E-state index is 0.210. The molecule has 4 aromatic rings. The van der Waals surface area contributed by atoms with Crippen molar-refractivity contribution in [3.63, 3.8) is 0 Å². The van der Waals surface area contributed by atoms with Gasteiger partial charge in [-0.15, -0.1) is 0 Å². The van der Waals surface area contributed by atoms with E-state index in [4.69, 9.17) is 33.0 Å². The van der Waals surface area contributed by atoms with Crippen LogP contribution in [-0.4, -0.2) is 45.1 Å². The van der Waals surface area contributed by atoms with Crippen LogP contribution >= 0.6 is 11.3 Å². The highest BCUT2D eigenvalue weighted by Crippen LogP contribution is 2.47. The molecule has 41 heavy (non-hydrogen) atoms. The zero-order valence-electron chi connectivity index (χ0n) is 24.5. The van der Waals surface area contributed by atoms with Crippen LogP contribution in [0.1, 0.15) is 41.5 Å². The summed E-state index contributed by atoms with van der Waals surface area (Å²) in [5.41, 5.74) is 2.23. The van der Waals surface area contributed by atoms with E-state index in [2.05, 4.69) is 58.0 Å². The molecule has 3 aromatic carbocycles. The average Bonchev–Trinajstić information content (AvgIpc) is 3.41. The van der Waals surface area contributed by atoms with Gasteiger partial charge in [-0.25, -0.2) is 0 Å². The lowest BCUT2D eigenvalue weighted by atomic mass is 9.78. The van der Waals surface area contributed by atoms with E-state index in [1.807, 2.05) is 50.2 Å². The highest BCUT2D eigenvalue weighted by Gasteiger charge is 2.51. The first-order valence-corrected chi connectivity index (χ1v) is 14.7. The number of ether oxygens (including phenoxy) is 5. The maximum Gasteiger partial charge on any atom is 0.494 e. The maximum absolute atomic E-state index is 6.47. The number of hydrogen-bond acceptors (Lipinski definition) is 8. The highest BCUT2D eigenvalue weighted by molar-refractivity contribution is 7.21. The summed E-state index contributed by atoms with van der Waals surface area (Å²) in [6.45, 7) is 13.7. The van der Waals surface area contributed by atoms with Crippen LogP contribution < -0.4 is 19.7 Å². The van der Waals surface area contributed by atoms with Gasteiger partial charge in [0.25, 0.3) is 0 Å². The Kier molecular flexibility index (Phi) is 8.92. The van der Waals surface area contributed by atoms with Crippen LogP contribution in [0.5, 0.6) is 22.3 Å². The molecular formula is C32H37BO7S. The molecule has 1 aromatic heterocycles. The third kappa shape index (κ3) is 6.55. The molecule has 1 saturated heterocycles. The van der Waals surface area contributed by atoms with Gasteiger partial charge in [0, 0.05) is 28.9 Å². The van der Waals surface area contributed by atoms with E-state index in [0.717, 1.165) is 43.2 Å². The topological polar surface area (TPSA) is 64.6 Å². The van der Waals surface area contributed by atoms with E-state index in [-0.39, 0.29) is 13.6 Å². The Morgan fingerprint density at radius 3 is 1.88 bits per heavy atom. The van der Waals surface area contributed by atoms with Crippen LogP contribution in [0.2, 0.25) is 0 Å². The molecule has 2 heterocycles. The largest absolute Gasteiger partial charge is 0.494 e. The summed E-state index contributed by atoms with van der Waals surface area (Å²) in [6.07, 6.45) is 0. The van der Waals surface area contributed by atoms with Crippen molar-refractivity contribution in [3.8, 4) is 33.4 Å². The molecule has 1 aliphatic heterocycles. The Balaban J connectivity index is 1.45. The molecule has 7 nitrogen and oxygen atoms in total. The van der Waals surface area contributed by atoms with Crippen molar-refractivity contribution in [2.24, 2.45) is 0 Å². The fourth-order valence-corrected chi connectivity index (χ4v) is 5.50. The molecule has 1 fully saturated rings. The summed E-state index contributed by atoms with van der Waals surface area (Å²) in [4.78, 5) is 0. The third-order valence-electron chi connectivity index (χ3n) is 7.41. The molecule has 0 N–H and O–H groups in total. The minimum atomic E-state index is -0.419. The highest BCUT2D eigenvalue weighted by atomic mass is 32.1. The molecule has 5 rings (SSSR count). The second kappa shape index (κ2) is 12.4. The first-order chi connectivity index (χ1) is 19.7. The lowest BCUT2D eigenvalue weighted by molar-refractivity contribution is 0.00578. The van der Waals surface area contributed by atoms with E-state index >= 15 is 0 Å². The van der Waals surface area contributed by atoms with E-state index < -0.39 is 18.3 Å². The van der Waals surface area contributed by atoms with Crippen LogP contribution in [0, 0.1) is 0 Å². The molecule has 0 saturated carbocycles. The van der Waals surface area contributed by atoms with Crippen LogP contribution in [0.15, 0.2) is 66.7 Å². The van der Waals surface area contributed by atoms with Crippen LogP contribution in [0.3, 0.4) is 0 Å². The van der Waals surface area contributed by atoms with Crippen LogP contribution in [-0.2, 0) is 18.8 Å². The molecule has 0 bridgehead atoms. The lowest BCUT2D eigenvalue weighted by Crippen LogP contribution is -2.41. The van der Waals surface area contributed by atoms with Crippen molar-refractivity contribution < 1.29 is 33.0 Å². The van der Waals surface area contributed by atoms with Crippen molar-refractivity contribution in [1.82, 2.24) is 0 Å². The number of fused-ring (bicyclic) bond motifs is 1. The summed E-state index contributed by atoms with van der Waals surface area (Å²) in [5.74, 6) is 2.18. The average molecular weight is 577 g/mol. The van der Waals surface area contributed by atoms with E-state index in [1.54, 1.807) is 11.3 Å². The van der Waals surface area contributed by atoms with Gasteiger partial charge in [0.05, 0.1) is 11.2 Å². The quantitative estimate of drug-likeness (QED) is 0.0989. The summed E-state index contributed by atoms with van der Waals surface area (Å²) in [7, 11) is -0.419. The third-order valence-corrected chi connectivity index (χ3v) is 8.44. The van der Waals surface area contributed by atoms with Gasteiger partial charge >= 0.3 is 7.12 Å². The molecule has 0 aliphatic carbocycles. The van der Waals surface area contributed by atoms with Crippen molar-refractivity contribution in [2.75, 3.05) is 26.8 Å². The van der Waals surface area contributed by atoms with Gasteiger partial charge in [0.15, 0.2) is 18.6 Å². The maximum atomic E-state index is 6.47. The Hall–Kier alpha value is -3.08. The van der Waals surface area contributed by atoms with Crippen LogP contribution in [0.25, 0.3) is 21.2 Å². The fourth-order valence-electron chi connectivity index (χ4n) is 4.37. The molecule has 0 spiro atoms. The van der Waals surface area contributed by atoms with Gasteiger partial charge in [-0.05, 0) is 95.0 Å². The van der Waals surface area contributed by atoms with Gasteiger partial charge in [-0.2, -0.15) is 0 Å². The molecule has 0 amide bonds. The monoisotopic (exact) mass is 576 g/mol. The van der Waals surface area contributed by atoms with Crippen molar-refractivity contribution >= 4 is 34.0 Å². The second-order valence-electron chi connectivity index (χ2n) is 10.7. The molecule has 0 atom stereocenters. The fraction of sp³-hybridized carbons (Fsp3) is 0.375. The van der Waals surface area contributed by atoms with Gasteiger partial charge in [-0.3, -0.25) is 0 Å². The molecule has 216 valence electrons. The first kappa shape index (κ1) is 29.4. The summed E-state index contributed by atoms with van der Waals surface area (Å²) in [6, 6.07) is 21.9. The molecule has 9 heteroatoms. The van der Waals surface area contributed by atoms with Gasteiger partial charge in [0.1, 0.15) is 17.2 Å². The molecule has 1 aliphatic rings. The predicted octanol–water partition coefficient (Wildman–Crippen LogP) is 7.41. The number of thiophene rings is 1. The Morgan fingerprint density at radius 1 is 0.707 bits per heavy atom. The Labute approximate surface area is 246 Å². The SMILES string of the molecule is CCOCOc1ccc(Oc2sc3cc(OCOCC)ccc3c2-c2ccc(B3OC(C)(C)C(C)(C)O3)cc2)cc1. The normalized spacial score (nSPS) is 15.8. The van der Waals surface area contributed by atoms with E-state index in [1.165, 1.54) is 0 Å². The van der Waals surface area contributed by atoms with Crippen molar-refractivity contribution in [1.29, 1.82) is 0 Å². The predicted molar refractivity (Wildman–Crippen MR) is 164 cm³/mol. The number of benzene rings is 3. The summed E-state index contributed by atoms with van der Waals surface area (Å²) < 4.78 is 42.1. The van der Waals surface area contributed by atoms with Crippen LogP contribution in [0.4, 0.5) is 0 Å². The zero-order chi connectivity index (χ0) is 29.0. The molecule has 0 unspecified atom stereocenters. The molecule has 0 radical (unpaired) electrons. The second-order valence-corrected chi connectivity index (χ2v) is 11.7. The zero-order valence-corrected chi connectivity index (χ0v) is 25.3. The van der Waals surface area contributed by atoms with Gasteiger partial charge in [-0.1, -0.05) is 35.6 Å². The lowest BCUT2D eigenvalue weighted by Gasteiger charge is -2.32. The van der Waals surface area contributed by atoms with Crippen molar-refractivity contribution in [2.45, 2.75) is 52.7 Å². The minimum Gasteiger partial charge on any atom is -0.468 e. The smallest absolute Gasteiger partial charge is 0.468 e. The van der Waals surface area contributed by atoms with Gasteiger partial charge in [0.2, 0.25) is 0 Å². The molecular weight excluding hydrogens is 539 g/mol. The van der Waals surface area contributed by atoms with Crippen molar-refractivity contribution in [3.05, 3.63) is 66.7 Å². The Bertz CT molecular complexity index is 1430. The summed E-state index contributed by atoms with van der Waals surface area (Å²) >= 11 is 1.57. The number of rotatable bonds is 12. The van der Waals surface area contributed by atoms with E-state index in [9.17, 15) is 0 Å².